The van der Waals surface area contributed by atoms with Crippen LogP contribution in [-0.2, 0) is 9.84 Å². The van der Waals surface area contributed by atoms with Crippen molar-refractivity contribution in [3.05, 3.63) is 41.1 Å². The summed E-state index contributed by atoms with van der Waals surface area (Å²) >= 11 is 5.73. The standard InChI is InChI=1S/C12H10ClF3N2O2S/c1-21(19,20)11-17-10(12(14,15)16)6-7-18(11)9-4-2-8(13)3-5-9/h2-6H,7H2,1H3. The summed E-state index contributed by atoms with van der Waals surface area (Å²) in [4.78, 5) is 4.44. The molecule has 0 saturated heterocycles. The number of halogens is 4. The average molecular weight is 339 g/mol. The van der Waals surface area contributed by atoms with Gasteiger partial charge in [-0.1, -0.05) is 11.6 Å². The minimum absolute atomic E-state index is 0.248. The van der Waals surface area contributed by atoms with Gasteiger partial charge in [0.25, 0.3) is 0 Å². The Kier molecular flexibility index (Phi) is 4.03. The van der Waals surface area contributed by atoms with E-state index in [0.29, 0.717) is 10.7 Å². The lowest BCUT2D eigenvalue weighted by Gasteiger charge is -2.27. The van der Waals surface area contributed by atoms with Gasteiger partial charge < -0.3 is 4.90 Å². The van der Waals surface area contributed by atoms with Crippen LogP contribution in [0.25, 0.3) is 0 Å². The van der Waals surface area contributed by atoms with Crippen LogP contribution in [-0.4, -0.2) is 32.6 Å². The molecule has 1 aliphatic rings. The van der Waals surface area contributed by atoms with Crippen LogP contribution in [0, 0.1) is 0 Å². The van der Waals surface area contributed by atoms with Crippen molar-refractivity contribution in [2.24, 2.45) is 4.99 Å². The molecule has 0 unspecified atom stereocenters. The highest BCUT2D eigenvalue weighted by atomic mass is 35.5. The van der Waals surface area contributed by atoms with Gasteiger partial charge in [-0.25, -0.2) is 13.4 Å². The van der Waals surface area contributed by atoms with E-state index in [0.717, 1.165) is 12.3 Å². The molecule has 0 aromatic heterocycles. The topological polar surface area (TPSA) is 49.7 Å². The quantitative estimate of drug-likeness (QED) is 0.791. The first-order valence-corrected chi connectivity index (χ1v) is 7.95. The summed E-state index contributed by atoms with van der Waals surface area (Å²) in [5.74, 6) is 0. The SMILES string of the molecule is CS(=O)(=O)C1=NC(C(F)(F)F)=CCN1c1ccc(Cl)cc1. The molecule has 114 valence electrons. The number of rotatable bonds is 1. The Morgan fingerprint density at radius 2 is 1.81 bits per heavy atom. The number of anilines is 1. The molecular weight excluding hydrogens is 329 g/mol. The molecule has 0 aliphatic carbocycles. The Hall–Kier alpha value is -1.54. The highest BCUT2D eigenvalue weighted by Gasteiger charge is 2.38. The molecule has 1 aromatic rings. The normalized spacial score (nSPS) is 16.5. The Balaban J connectivity index is 2.48. The average Bonchev–Trinajstić information content (AvgIpc) is 2.37. The zero-order valence-corrected chi connectivity index (χ0v) is 12.3. The van der Waals surface area contributed by atoms with Crippen LogP contribution in [0.4, 0.5) is 18.9 Å². The van der Waals surface area contributed by atoms with E-state index in [2.05, 4.69) is 4.99 Å². The van der Waals surface area contributed by atoms with Crippen molar-refractivity contribution in [2.45, 2.75) is 6.18 Å². The summed E-state index contributed by atoms with van der Waals surface area (Å²) in [7, 11) is -3.92. The predicted octanol–water partition coefficient (Wildman–Crippen LogP) is 3.01. The fraction of sp³-hybridized carbons (Fsp3) is 0.250. The number of nitrogens with zero attached hydrogens (tertiary/aromatic N) is 2. The Morgan fingerprint density at radius 1 is 1.24 bits per heavy atom. The summed E-state index contributed by atoms with van der Waals surface area (Å²) in [6, 6.07) is 6.05. The Labute approximate surface area is 124 Å². The minimum Gasteiger partial charge on any atom is -0.313 e. The Morgan fingerprint density at radius 3 is 2.29 bits per heavy atom. The number of allylic oxidation sites excluding steroid dienone is 1. The number of aliphatic imine (C=N–C) groups is 1. The van der Waals surface area contributed by atoms with Gasteiger partial charge in [0.1, 0.15) is 5.70 Å². The first-order valence-electron chi connectivity index (χ1n) is 5.68. The van der Waals surface area contributed by atoms with E-state index >= 15 is 0 Å². The van der Waals surface area contributed by atoms with Crippen molar-refractivity contribution in [3.8, 4) is 0 Å². The van der Waals surface area contributed by atoms with Gasteiger partial charge in [-0.15, -0.1) is 0 Å². The second-order valence-corrected chi connectivity index (χ2v) is 6.69. The zero-order chi connectivity index (χ0) is 15.8. The van der Waals surface area contributed by atoms with E-state index in [1.54, 1.807) is 0 Å². The largest absolute Gasteiger partial charge is 0.433 e. The van der Waals surface area contributed by atoms with Crippen LogP contribution >= 0.6 is 11.6 Å². The molecule has 2 rings (SSSR count). The molecule has 0 saturated carbocycles. The number of benzene rings is 1. The lowest BCUT2D eigenvalue weighted by Crippen LogP contribution is -2.40. The fourth-order valence-corrected chi connectivity index (χ4v) is 2.73. The third-order valence-electron chi connectivity index (χ3n) is 2.67. The van der Waals surface area contributed by atoms with Crippen molar-refractivity contribution >= 4 is 32.3 Å². The minimum atomic E-state index is -4.69. The van der Waals surface area contributed by atoms with Gasteiger partial charge in [-0.05, 0) is 30.3 Å². The smallest absolute Gasteiger partial charge is 0.313 e. The third kappa shape index (κ3) is 3.56. The first-order chi connectivity index (χ1) is 9.59. The fourth-order valence-electron chi connectivity index (χ4n) is 1.76. The van der Waals surface area contributed by atoms with E-state index in [4.69, 9.17) is 11.6 Å². The van der Waals surface area contributed by atoms with Gasteiger partial charge in [-0.3, -0.25) is 0 Å². The molecule has 0 amide bonds. The predicted molar refractivity (Wildman–Crippen MR) is 75.2 cm³/mol. The number of hydrogen-bond acceptors (Lipinski definition) is 4. The molecule has 4 nitrogen and oxygen atoms in total. The summed E-state index contributed by atoms with van der Waals surface area (Å²) in [5.41, 5.74) is -0.825. The summed E-state index contributed by atoms with van der Waals surface area (Å²) in [6.07, 6.45) is -3.04. The van der Waals surface area contributed by atoms with Crippen molar-refractivity contribution < 1.29 is 21.6 Å². The molecule has 1 heterocycles. The van der Waals surface area contributed by atoms with Crippen molar-refractivity contribution in [1.29, 1.82) is 0 Å². The van der Waals surface area contributed by atoms with E-state index in [1.807, 2.05) is 0 Å². The van der Waals surface area contributed by atoms with E-state index in [9.17, 15) is 21.6 Å². The van der Waals surface area contributed by atoms with Crippen molar-refractivity contribution in [2.75, 3.05) is 17.7 Å². The van der Waals surface area contributed by atoms with Crippen LogP contribution in [0.1, 0.15) is 0 Å². The van der Waals surface area contributed by atoms with Gasteiger partial charge in [-0.2, -0.15) is 13.2 Å². The molecule has 0 radical (unpaired) electrons. The molecule has 0 bridgehead atoms. The molecule has 1 aliphatic heterocycles. The lowest BCUT2D eigenvalue weighted by molar-refractivity contribution is -0.0926. The molecular formula is C12H10ClF3N2O2S. The van der Waals surface area contributed by atoms with Crippen LogP contribution in [0.2, 0.25) is 5.02 Å². The second kappa shape index (κ2) is 5.34. The number of hydrogen-bond donors (Lipinski definition) is 0. The molecule has 9 heteroatoms. The maximum absolute atomic E-state index is 12.7. The molecule has 0 spiro atoms. The van der Waals surface area contributed by atoms with Crippen LogP contribution in [0.5, 0.6) is 0 Å². The summed E-state index contributed by atoms with van der Waals surface area (Å²) in [5, 5.41) is -0.209. The van der Waals surface area contributed by atoms with Gasteiger partial charge >= 0.3 is 6.18 Å². The second-order valence-electron chi connectivity index (χ2n) is 4.34. The number of amidine groups is 1. The zero-order valence-electron chi connectivity index (χ0n) is 10.7. The molecule has 21 heavy (non-hydrogen) atoms. The summed E-state index contributed by atoms with van der Waals surface area (Å²) in [6.45, 7) is -0.248. The van der Waals surface area contributed by atoms with Crippen LogP contribution < -0.4 is 4.90 Å². The highest BCUT2D eigenvalue weighted by Crippen LogP contribution is 2.31. The number of sulfone groups is 1. The number of alkyl halides is 3. The van der Waals surface area contributed by atoms with Crippen molar-refractivity contribution in [3.63, 3.8) is 0 Å². The van der Waals surface area contributed by atoms with Gasteiger partial charge in [0.05, 0.1) is 0 Å². The lowest BCUT2D eigenvalue weighted by atomic mass is 10.2. The van der Waals surface area contributed by atoms with Crippen LogP contribution in [0.15, 0.2) is 41.0 Å². The third-order valence-corrected chi connectivity index (χ3v) is 3.90. The maximum atomic E-state index is 12.7. The molecule has 0 N–H and O–H groups in total. The Bertz CT molecular complexity index is 709. The molecule has 0 fully saturated rings. The van der Waals surface area contributed by atoms with E-state index < -0.39 is 26.9 Å². The molecule has 1 aromatic carbocycles. The highest BCUT2D eigenvalue weighted by molar-refractivity contribution is 8.06. The van der Waals surface area contributed by atoms with E-state index in [-0.39, 0.29) is 6.54 Å². The van der Waals surface area contributed by atoms with Gasteiger partial charge in [0, 0.05) is 23.5 Å². The first kappa shape index (κ1) is 15.8. The van der Waals surface area contributed by atoms with Gasteiger partial charge in [0.2, 0.25) is 15.0 Å². The molecule has 0 atom stereocenters. The van der Waals surface area contributed by atoms with Gasteiger partial charge in [0.15, 0.2) is 0 Å². The summed E-state index contributed by atoms with van der Waals surface area (Å²) < 4.78 is 61.5. The van der Waals surface area contributed by atoms with E-state index in [1.165, 1.54) is 29.2 Å². The van der Waals surface area contributed by atoms with Crippen LogP contribution in [0.3, 0.4) is 0 Å². The van der Waals surface area contributed by atoms with Crippen molar-refractivity contribution in [1.82, 2.24) is 0 Å². The monoisotopic (exact) mass is 338 g/mol. The maximum Gasteiger partial charge on any atom is 0.433 e.